The quantitative estimate of drug-likeness (QED) is 0.892. The molecule has 20 heavy (non-hydrogen) atoms. The lowest BCUT2D eigenvalue weighted by atomic mass is 9.77. The van der Waals surface area contributed by atoms with Gasteiger partial charge in [-0.05, 0) is 49.4 Å². The fourth-order valence-electron chi connectivity index (χ4n) is 2.81. The van der Waals surface area contributed by atoms with Gasteiger partial charge in [0.25, 0.3) is 0 Å². The molecular weight excluding hydrogens is 255 g/mol. The molecule has 1 unspecified atom stereocenters. The van der Waals surface area contributed by atoms with Crippen molar-refractivity contribution in [3.05, 3.63) is 35.6 Å². The van der Waals surface area contributed by atoms with Gasteiger partial charge in [-0.2, -0.15) is 0 Å². The number of benzene rings is 1. The summed E-state index contributed by atoms with van der Waals surface area (Å²) in [6.07, 6.45) is 2.13. The highest BCUT2D eigenvalue weighted by Crippen LogP contribution is 2.30. The molecule has 4 heteroatoms. The molecule has 1 saturated heterocycles. The summed E-state index contributed by atoms with van der Waals surface area (Å²) in [5.74, 6) is -0.286. The Morgan fingerprint density at radius 1 is 1.50 bits per heavy atom. The van der Waals surface area contributed by atoms with E-state index in [-0.39, 0.29) is 29.2 Å². The SMILES string of the molecule is C[C@@H](NC(=O)C1NCCCC1(C)C)c1cccc(F)c1. The number of rotatable bonds is 3. The minimum atomic E-state index is -0.278. The summed E-state index contributed by atoms with van der Waals surface area (Å²) < 4.78 is 13.2. The minimum absolute atomic E-state index is 0.00791. The first kappa shape index (κ1) is 15.0. The monoisotopic (exact) mass is 278 g/mol. The number of carbonyl (C=O) groups excluding carboxylic acids is 1. The predicted molar refractivity (Wildman–Crippen MR) is 77.8 cm³/mol. The number of nitrogens with one attached hydrogen (secondary N) is 2. The van der Waals surface area contributed by atoms with E-state index in [0.717, 1.165) is 24.9 Å². The van der Waals surface area contributed by atoms with Gasteiger partial charge in [-0.1, -0.05) is 26.0 Å². The first-order chi connectivity index (χ1) is 9.40. The second-order valence-electron chi connectivity index (χ2n) is 6.26. The molecule has 0 spiro atoms. The van der Waals surface area contributed by atoms with Gasteiger partial charge >= 0.3 is 0 Å². The van der Waals surface area contributed by atoms with Crippen molar-refractivity contribution in [2.24, 2.45) is 5.41 Å². The van der Waals surface area contributed by atoms with Crippen LogP contribution in [-0.4, -0.2) is 18.5 Å². The Morgan fingerprint density at radius 2 is 2.25 bits per heavy atom. The van der Waals surface area contributed by atoms with Gasteiger partial charge in [0, 0.05) is 0 Å². The van der Waals surface area contributed by atoms with Gasteiger partial charge in [-0.25, -0.2) is 4.39 Å². The maximum absolute atomic E-state index is 13.2. The van der Waals surface area contributed by atoms with Gasteiger partial charge in [-0.15, -0.1) is 0 Å². The van der Waals surface area contributed by atoms with E-state index in [2.05, 4.69) is 24.5 Å². The van der Waals surface area contributed by atoms with Gasteiger partial charge in [-0.3, -0.25) is 4.79 Å². The van der Waals surface area contributed by atoms with Crippen LogP contribution in [0.1, 0.15) is 45.2 Å². The van der Waals surface area contributed by atoms with E-state index < -0.39 is 0 Å². The van der Waals surface area contributed by atoms with Crippen molar-refractivity contribution >= 4 is 5.91 Å². The number of hydrogen-bond donors (Lipinski definition) is 2. The molecule has 3 nitrogen and oxygen atoms in total. The number of hydrogen-bond acceptors (Lipinski definition) is 2. The standard InChI is InChI=1S/C16H23FN2O/c1-11(12-6-4-7-13(17)10-12)19-15(20)14-16(2,3)8-5-9-18-14/h4,6-7,10-11,14,18H,5,8-9H2,1-3H3,(H,19,20)/t11-,14?/m1/s1. The molecule has 2 atom stereocenters. The van der Waals surface area contributed by atoms with Crippen molar-refractivity contribution in [1.82, 2.24) is 10.6 Å². The highest BCUT2D eigenvalue weighted by atomic mass is 19.1. The highest BCUT2D eigenvalue weighted by molar-refractivity contribution is 5.83. The fraction of sp³-hybridized carbons (Fsp3) is 0.562. The maximum Gasteiger partial charge on any atom is 0.238 e. The zero-order valence-electron chi connectivity index (χ0n) is 12.4. The predicted octanol–water partition coefficient (Wildman–Crippen LogP) is 2.78. The normalized spacial score (nSPS) is 23.1. The second-order valence-corrected chi connectivity index (χ2v) is 6.26. The third kappa shape index (κ3) is 3.37. The summed E-state index contributed by atoms with van der Waals surface area (Å²) in [6.45, 7) is 6.96. The van der Waals surface area contributed by atoms with Crippen LogP contribution >= 0.6 is 0 Å². The Hall–Kier alpha value is -1.42. The maximum atomic E-state index is 13.2. The summed E-state index contributed by atoms with van der Waals surface area (Å²) in [5.41, 5.74) is 0.733. The summed E-state index contributed by atoms with van der Waals surface area (Å²) >= 11 is 0. The molecule has 2 rings (SSSR count). The van der Waals surface area contributed by atoms with Crippen LogP contribution in [0.15, 0.2) is 24.3 Å². The fourth-order valence-corrected chi connectivity index (χ4v) is 2.81. The lowest BCUT2D eigenvalue weighted by molar-refractivity contribution is -0.127. The molecule has 1 aliphatic heterocycles. The van der Waals surface area contributed by atoms with E-state index in [1.165, 1.54) is 12.1 Å². The van der Waals surface area contributed by atoms with E-state index in [0.29, 0.717) is 0 Å². The largest absolute Gasteiger partial charge is 0.348 e. The van der Waals surface area contributed by atoms with Crippen molar-refractivity contribution < 1.29 is 9.18 Å². The summed E-state index contributed by atoms with van der Waals surface area (Å²) in [5, 5.41) is 6.27. The van der Waals surface area contributed by atoms with E-state index in [4.69, 9.17) is 0 Å². The van der Waals surface area contributed by atoms with E-state index in [1.807, 2.05) is 13.0 Å². The van der Waals surface area contributed by atoms with Crippen LogP contribution in [0.3, 0.4) is 0 Å². The third-order valence-corrected chi connectivity index (χ3v) is 4.10. The molecule has 0 aliphatic carbocycles. The molecular formula is C16H23FN2O. The summed E-state index contributed by atoms with van der Waals surface area (Å²) in [6, 6.07) is 5.97. The van der Waals surface area contributed by atoms with Crippen molar-refractivity contribution in [2.45, 2.75) is 45.7 Å². The van der Waals surface area contributed by atoms with Gasteiger partial charge in [0.2, 0.25) is 5.91 Å². The molecule has 0 saturated carbocycles. The van der Waals surface area contributed by atoms with Crippen molar-refractivity contribution in [3.63, 3.8) is 0 Å². The van der Waals surface area contributed by atoms with Crippen LogP contribution in [0.25, 0.3) is 0 Å². The van der Waals surface area contributed by atoms with Gasteiger partial charge in [0.05, 0.1) is 12.1 Å². The van der Waals surface area contributed by atoms with Crippen molar-refractivity contribution in [1.29, 1.82) is 0 Å². The van der Waals surface area contributed by atoms with Gasteiger partial charge in [0.15, 0.2) is 0 Å². The van der Waals surface area contributed by atoms with Crippen LogP contribution in [0.4, 0.5) is 4.39 Å². The molecule has 1 aromatic rings. The molecule has 110 valence electrons. The van der Waals surface area contributed by atoms with E-state index in [1.54, 1.807) is 6.07 Å². The Labute approximate surface area is 120 Å². The van der Waals surface area contributed by atoms with Crippen LogP contribution in [0.5, 0.6) is 0 Å². The first-order valence-electron chi connectivity index (χ1n) is 7.19. The summed E-state index contributed by atoms with van der Waals surface area (Å²) in [4.78, 5) is 12.4. The average molecular weight is 278 g/mol. The molecule has 1 heterocycles. The lowest BCUT2D eigenvalue weighted by Crippen LogP contribution is -2.55. The molecule has 1 aromatic carbocycles. The molecule has 1 aliphatic rings. The van der Waals surface area contributed by atoms with Crippen LogP contribution in [0, 0.1) is 11.2 Å². The van der Waals surface area contributed by atoms with Crippen LogP contribution in [-0.2, 0) is 4.79 Å². The second kappa shape index (κ2) is 5.92. The number of halogens is 1. The Morgan fingerprint density at radius 3 is 2.90 bits per heavy atom. The van der Waals surface area contributed by atoms with Crippen molar-refractivity contribution in [2.75, 3.05) is 6.54 Å². The molecule has 2 N–H and O–H groups in total. The first-order valence-corrected chi connectivity index (χ1v) is 7.19. The number of amides is 1. The molecule has 1 fully saturated rings. The Kier molecular flexibility index (Phi) is 4.43. The van der Waals surface area contributed by atoms with Crippen molar-refractivity contribution in [3.8, 4) is 0 Å². The Balaban J connectivity index is 2.03. The molecule has 0 bridgehead atoms. The smallest absolute Gasteiger partial charge is 0.238 e. The molecule has 0 radical (unpaired) electrons. The number of piperidine rings is 1. The summed E-state index contributed by atoms with van der Waals surface area (Å²) in [7, 11) is 0. The zero-order chi connectivity index (χ0) is 14.8. The highest BCUT2D eigenvalue weighted by Gasteiger charge is 2.37. The minimum Gasteiger partial charge on any atom is -0.348 e. The average Bonchev–Trinajstić information content (AvgIpc) is 2.37. The molecule has 1 amide bonds. The van der Waals surface area contributed by atoms with Crippen LogP contribution < -0.4 is 10.6 Å². The molecule has 0 aromatic heterocycles. The van der Waals surface area contributed by atoms with Gasteiger partial charge in [0.1, 0.15) is 5.82 Å². The zero-order valence-corrected chi connectivity index (χ0v) is 12.4. The third-order valence-electron chi connectivity index (χ3n) is 4.10. The van der Waals surface area contributed by atoms with E-state index >= 15 is 0 Å². The van der Waals surface area contributed by atoms with E-state index in [9.17, 15) is 9.18 Å². The number of carbonyl (C=O) groups is 1. The van der Waals surface area contributed by atoms with Gasteiger partial charge < -0.3 is 10.6 Å². The van der Waals surface area contributed by atoms with Crippen LogP contribution in [0.2, 0.25) is 0 Å². The Bertz CT molecular complexity index is 487. The lowest BCUT2D eigenvalue weighted by Gasteiger charge is -2.38. The topological polar surface area (TPSA) is 41.1 Å².